The molecule has 1 fully saturated rings. The molecule has 0 aromatic heterocycles. The number of halogens is 1. The molecular weight excluding hydrogens is 491 g/mol. The molecule has 0 aliphatic heterocycles. The Balaban J connectivity index is 0.00000450. The molecule has 0 spiro atoms. The minimum atomic E-state index is -0.312. The van der Waals surface area contributed by atoms with Crippen molar-refractivity contribution in [2.75, 3.05) is 27.2 Å². The Kier molecular flexibility index (Phi) is 11.7. The van der Waals surface area contributed by atoms with Gasteiger partial charge >= 0.3 is 0 Å². The minimum Gasteiger partial charge on any atom is -0.374 e. The van der Waals surface area contributed by atoms with E-state index >= 15 is 0 Å². The molecule has 0 heterocycles. The number of benzene rings is 1. The maximum absolute atomic E-state index is 12.8. The second-order valence-corrected chi connectivity index (χ2v) is 8.42. The van der Waals surface area contributed by atoms with Crippen LogP contribution in [-0.4, -0.2) is 50.1 Å². The zero-order valence-electron chi connectivity index (χ0n) is 19.2. The number of amides is 1. The van der Waals surface area contributed by atoms with Gasteiger partial charge in [-0.2, -0.15) is 0 Å². The van der Waals surface area contributed by atoms with Crippen LogP contribution in [0.1, 0.15) is 57.6 Å². The summed E-state index contributed by atoms with van der Waals surface area (Å²) in [6.45, 7) is 8.74. The van der Waals surface area contributed by atoms with Crippen molar-refractivity contribution in [3.63, 3.8) is 0 Å². The SMILES string of the molecule is CCNC(=NCc1cccc(COC(C)C)c1)NCC1(C(=O)N(C)C)CCCC1.I. The fourth-order valence-electron chi connectivity index (χ4n) is 3.84. The maximum Gasteiger partial charge on any atom is 0.230 e. The van der Waals surface area contributed by atoms with Crippen molar-refractivity contribution in [2.24, 2.45) is 10.4 Å². The third kappa shape index (κ3) is 8.06. The van der Waals surface area contributed by atoms with Gasteiger partial charge in [0.05, 0.1) is 24.7 Å². The quantitative estimate of drug-likeness (QED) is 0.289. The smallest absolute Gasteiger partial charge is 0.230 e. The summed E-state index contributed by atoms with van der Waals surface area (Å²) >= 11 is 0. The topological polar surface area (TPSA) is 66.0 Å². The van der Waals surface area contributed by atoms with E-state index in [2.05, 4.69) is 35.8 Å². The zero-order valence-corrected chi connectivity index (χ0v) is 21.5. The first-order chi connectivity index (χ1) is 13.9. The summed E-state index contributed by atoms with van der Waals surface area (Å²) in [4.78, 5) is 19.2. The van der Waals surface area contributed by atoms with Gasteiger partial charge in [-0.25, -0.2) is 4.99 Å². The number of guanidine groups is 1. The highest BCUT2D eigenvalue weighted by Crippen LogP contribution is 2.38. The Morgan fingerprint density at radius 2 is 1.87 bits per heavy atom. The molecule has 0 saturated heterocycles. The molecular formula is C23H39IN4O2. The summed E-state index contributed by atoms with van der Waals surface area (Å²) in [6.07, 6.45) is 4.32. The van der Waals surface area contributed by atoms with Gasteiger partial charge in [-0.3, -0.25) is 4.79 Å². The van der Waals surface area contributed by atoms with Crippen LogP contribution in [-0.2, 0) is 22.7 Å². The third-order valence-electron chi connectivity index (χ3n) is 5.35. The molecule has 0 unspecified atom stereocenters. The lowest BCUT2D eigenvalue weighted by molar-refractivity contribution is -0.138. The predicted molar refractivity (Wildman–Crippen MR) is 134 cm³/mol. The molecule has 1 saturated carbocycles. The zero-order chi connectivity index (χ0) is 21.3. The van der Waals surface area contributed by atoms with E-state index in [1.54, 1.807) is 4.90 Å². The normalized spacial score (nSPS) is 15.6. The molecule has 0 bridgehead atoms. The lowest BCUT2D eigenvalue weighted by atomic mass is 9.84. The fraction of sp³-hybridized carbons (Fsp3) is 0.652. The van der Waals surface area contributed by atoms with Gasteiger partial charge < -0.3 is 20.3 Å². The van der Waals surface area contributed by atoms with E-state index in [-0.39, 0.29) is 41.4 Å². The van der Waals surface area contributed by atoms with Gasteiger partial charge in [-0.1, -0.05) is 37.1 Å². The van der Waals surface area contributed by atoms with Gasteiger partial charge in [0.2, 0.25) is 5.91 Å². The van der Waals surface area contributed by atoms with Crippen LogP contribution in [0.5, 0.6) is 0 Å². The predicted octanol–water partition coefficient (Wildman–Crippen LogP) is 3.93. The van der Waals surface area contributed by atoms with E-state index in [1.165, 1.54) is 0 Å². The average Bonchev–Trinajstić information content (AvgIpc) is 3.18. The highest BCUT2D eigenvalue weighted by Gasteiger charge is 2.42. The highest BCUT2D eigenvalue weighted by molar-refractivity contribution is 14.0. The molecule has 0 radical (unpaired) electrons. The third-order valence-corrected chi connectivity index (χ3v) is 5.35. The second-order valence-electron chi connectivity index (χ2n) is 8.42. The number of hydrogen-bond acceptors (Lipinski definition) is 3. The minimum absolute atomic E-state index is 0. The van der Waals surface area contributed by atoms with Crippen LogP contribution in [0.25, 0.3) is 0 Å². The van der Waals surface area contributed by atoms with E-state index in [1.807, 2.05) is 34.0 Å². The summed E-state index contributed by atoms with van der Waals surface area (Å²) in [5, 5.41) is 6.74. The van der Waals surface area contributed by atoms with E-state index in [0.29, 0.717) is 19.7 Å². The molecule has 1 aliphatic carbocycles. The molecule has 7 heteroatoms. The van der Waals surface area contributed by atoms with Gasteiger partial charge in [-0.15, -0.1) is 24.0 Å². The number of hydrogen-bond donors (Lipinski definition) is 2. The number of aliphatic imine (C=N–C) groups is 1. The summed E-state index contributed by atoms with van der Waals surface area (Å²) in [5.41, 5.74) is 1.99. The van der Waals surface area contributed by atoms with Gasteiger partial charge in [0.25, 0.3) is 0 Å². The molecule has 2 rings (SSSR count). The van der Waals surface area contributed by atoms with Gasteiger partial charge in [-0.05, 0) is 44.7 Å². The highest BCUT2D eigenvalue weighted by atomic mass is 127. The summed E-state index contributed by atoms with van der Waals surface area (Å²) in [5.74, 6) is 0.977. The number of carbonyl (C=O) groups excluding carboxylic acids is 1. The lowest BCUT2D eigenvalue weighted by Crippen LogP contribution is -2.49. The van der Waals surface area contributed by atoms with Crippen molar-refractivity contribution in [3.05, 3.63) is 35.4 Å². The first-order valence-electron chi connectivity index (χ1n) is 10.8. The van der Waals surface area contributed by atoms with Crippen molar-refractivity contribution in [3.8, 4) is 0 Å². The Labute approximate surface area is 199 Å². The number of carbonyl (C=O) groups is 1. The molecule has 1 aliphatic rings. The first-order valence-corrected chi connectivity index (χ1v) is 10.8. The number of nitrogens with zero attached hydrogens (tertiary/aromatic N) is 2. The Morgan fingerprint density at radius 1 is 1.20 bits per heavy atom. The molecule has 2 N–H and O–H groups in total. The summed E-state index contributed by atoms with van der Waals surface area (Å²) < 4.78 is 5.70. The Bertz CT molecular complexity index is 686. The van der Waals surface area contributed by atoms with Crippen LogP contribution in [0, 0.1) is 5.41 Å². The van der Waals surface area contributed by atoms with E-state index in [0.717, 1.165) is 49.3 Å². The monoisotopic (exact) mass is 530 g/mol. The van der Waals surface area contributed by atoms with Crippen molar-refractivity contribution in [1.29, 1.82) is 0 Å². The van der Waals surface area contributed by atoms with E-state index in [4.69, 9.17) is 9.73 Å². The molecule has 1 aromatic rings. The molecule has 1 aromatic carbocycles. The van der Waals surface area contributed by atoms with Crippen molar-refractivity contribution < 1.29 is 9.53 Å². The van der Waals surface area contributed by atoms with Crippen LogP contribution >= 0.6 is 24.0 Å². The van der Waals surface area contributed by atoms with Crippen molar-refractivity contribution in [1.82, 2.24) is 15.5 Å². The molecule has 6 nitrogen and oxygen atoms in total. The maximum atomic E-state index is 12.8. The van der Waals surface area contributed by atoms with Crippen LogP contribution in [0.4, 0.5) is 0 Å². The van der Waals surface area contributed by atoms with Gasteiger partial charge in [0, 0.05) is 27.2 Å². The van der Waals surface area contributed by atoms with Crippen molar-refractivity contribution >= 4 is 35.8 Å². The summed E-state index contributed by atoms with van der Waals surface area (Å²) in [6, 6.07) is 8.35. The summed E-state index contributed by atoms with van der Waals surface area (Å²) in [7, 11) is 3.69. The largest absolute Gasteiger partial charge is 0.374 e. The first kappa shape index (κ1) is 26.7. The number of rotatable bonds is 9. The average molecular weight is 530 g/mol. The van der Waals surface area contributed by atoms with Gasteiger partial charge in [0.1, 0.15) is 0 Å². The Hall–Kier alpha value is -1.35. The number of nitrogens with one attached hydrogen (secondary N) is 2. The molecule has 170 valence electrons. The van der Waals surface area contributed by atoms with Crippen molar-refractivity contribution in [2.45, 2.75) is 65.7 Å². The molecule has 0 atom stereocenters. The standard InChI is InChI=1S/C23H38N4O2.HI/c1-6-24-22(26-17-23(12-7-8-13-23)21(28)27(4)5)25-15-19-10-9-11-20(14-19)16-29-18(2)3;/h9-11,14,18H,6-8,12-13,15-17H2,1-5H3,(H2,24,25,26);1H. The second kappa shape index (κ2) is 13.1. The lowest BCUT2D eigenvalue weighted by Gasteiger charge is -2.31. The molecule has 30 heavy (non-hydrogen) atoms. The Morgan fingerprint density at radius 3 is 2.47 bits per heavy atom. The van der Waals surface area contributed by atoms with E-state index in [9.17, 15) is 4.79 Å². The van der Waals surface area contributed by atoms with E-state index < -0.39 is 0 Å². The molecule has 1 amide bonds. The van der Waals surface area contributed by atoms with Gasteiger partial charge in [0.15, 0.2) is 5.96 Å². The van der Waals surface area contributed by atoms with Crippen LogP contribution in [0.2, 0.25) is 0 Å². The number of ether oxygens (including phenoxy) is 1. The van der Waals surface area contributed by atoms with Crippen LogP contribution in [0.3, 0.4) is 0 Å². The van der Waals surface area contributed by atoms with Crippen LogP contribution < -0.4 is 10.6 Å². The fourth-order valence-corrected chi connectivity index (χ4v) is 3.84. The van der Waals surface area contributed by atoms with Crippen LogP contribution in [0.15, 0.2) is 29.3 Å².